The molecule has 1 atom stereocenters. The van der Waals surface area contributed by atoms with Crippen LogP contribution in [0.2, 0.25) is 0 Å². The van der Waals surface area contributed by atoms with Crippen molar-refractivity contribution in [3.8, 4) is 0 Å². The maximum absolute atomic E-state index is 12.6. The van der Waals surface area contributed by atoms with Crippen molar-refractivity contribution in [2.24, 2.45) is 0 Å². The van der Waals surface area contributed by atoms with Gasteiger partial charge in [0, 0.05) is 13.1 Å². The molecule has 2 saturated heterocycles. The SMILES string of the molecule is CC1=CCC(C(=O)N2CCOC3(CCNCC3)C2)S1. The summed E-state index contributed by atoms with van der Waals surface area (Å²) in [5, 5.41) is 3.47. The normalized spacial score (nSPS) is 30.5. The largest absolute Gasteiger partial charge is 0.371 e. The molecule has 2 fully saturated rings. The van der Waals surface area contributed by atoms with Gasteiger partial charge < -0.3 is 15.0 Å². The van der Waals surface area contributed by atoms with E-state index in [1.165, 1.54) is 4.91 Å². The van der Waals surface area contributed by atoms with Gasteiger partial charge in [-0.1, -0.05) is 6.08 Å². The van der Waals surface area contributed by atoms with E-state index in [-0.39, 0.29) is 10.9 Å². The second-order valence-electron chi connectivity index (χ2n) is 5.70. The second kappa shape index (κ2) is 5.46. The Morgan fingerprint density at radius 2 is 2.32 bits per heavy atom. The Bertz CT molecular complexity index is 385. The molecule has 1 spiro atoms. The lowest BCUT2D eigenvalue weighted by molar-refractivity contribution is -0.154. The molecule has 0 aliphatic carbocycles. The van der Waals surface area contributed by atoms with E-state index in [9.17, 15) is 4.79 Å². The zero-order valence-corrected chi connectivity index (χ0v) is 12.3. The van der Waals surface area contributed by atoms with Crippen LogP contribution in [0.15, 0.2) is 11.0 Å². The maximum Gasteiger partial charge on any atom is 0.236 e. The Balaban J connectivity index is 1.63. The Morgan fingerprint density at radius 1 is 1.53 bits per heavy atom. The molecule has 3 rings (SSSR count). The second-order valence-corrected chi connectivity index (χ2v) is 7.15. The average Bonchev–Trinajstić information content (AvgIpc) is 2.85. The maximum atomic E-state index is 12.6. The van der Waals surface area contributed by atoms with Gasteiger partial charge >= 0.3 is 0 Å². The molecule has 106 valence electrons. The minimum absolute atomic E-state index is 0.0785. The smallest absolute Gasteiger partial charge is 0.236 e. The Morgan fingerprint density at radius 3 is 3.00 bits per heavy atom. The Labute approximate surface area is 118 Å². The predicted molar refractivity (Wildman–Crippen MR) is 77.1 cm³/mol. The lowest BCUT2D eigenvalue weighted by Gasteiger charge is -2.45. The van der Waals surface area contributed by atoms with Crippen LogP contribution in [0.1, 0.15) is 26.2 Å². The van der Waals surface area contributed by atoms with Crippen LogP contribution in [0.25, 0.3) is 0 Å². The zero-order chi connectivity index (χ0) is 13.3. The number of nitrogens with one attached hydrogen (secondary N) is 1. The van der Waals surface area contributed by atoms with Gasteiger partial charge in [0.25, 0.3) is 0 Å². The third-order valence-corrected chi connectivity index (χ3v) is 5.51. The topological polar surface area (TPSA) is 41.6 Å². The van der Waals surface area contributed by atoms with E-state index < -0.39 is 0 Å². The minimum atomic E-state index is -0.0785. The molecule has 3 heterocycles. The number of morpholine rings is 1. The van der Waals surface area contributed by atoms with Crippen LogP contribution in [0.5, 0.6) is 0 Å². The fourth-order valence-corrected chi connectivity index (χ4v) is 4.25. The van der Waals surface area contributed by atoms with Crippen molar-refractivity contribution in [2.45, 2.75) is 37.0 Å². The van der Waals surface area contributed by atoms with E-state index in [2.05, 4.69) is 18.3 Å². The number of rotatable bonds is 1. The van der Waals surface area contributed by atoms with Gasteiger partial charge in [-0.3, -0.25) is 4.79 Å². The third kappa shape index (κ3) is 2.83. The van der Waals surface area contributed by atoms with Crippen LogP contribution in [0.4, 0.5) is 0 Å². The van der Waals surface area contributed by atoms with E-state index in [1.54, 1.807) is 11.8 Å². The molecule has 0 aromatic heterocycles. The molecule has 4 nitrogen and oxygen atoms in total. The van der Waals surface area contributed by atoms with Gasteiger partial charge in [-0.15, -0.1) is 11.8 Å². The van der Waals surface area contributed by atoms with Crippen molar-refractivity contribution in [1.29, 1.82) is 0 Å². The number of carbonyl (C=O) groups excluding carboxylic acids is 1. The molecule has 3 aliphatic heterocycles. The molecule has 5 heteroatoms. The quantitative estimate of drug-likeness (QED) is 0.789. The van der Waals surface area contributed by atoms with E-state index >= 15 is 0 Å². The first kappa shape index (κ1) is 13.5. The summed E-state index contributed by atoms with van der Waals surface area (Å²) >= 11 is 1.72. The highest BCUT2D eigenvalue weighted by Crippen LogP contribution is 2.34. The van der Waals surface area contributed by atoms with Crippen LogP contribution >= 0.6 is 11.8 Å². The number of allylic oxidation sites excluding steroid dienone is 2. The van der Waals surface area contributed by atoms with Crippen LogP contribution in [0.3, 0.4) is 0 Å². The molecule has 1 unspecified atom stereocenters. The summed E-state index contributed by atoms with van der Waals surface area (Å²) in [6.07, 6.45) is 5.10. The van der Waals surface area contributed by atoms with Crippen molar-refractivity contribution >= 4 is 17.7 Å². The monoisotopic (exact) mass is 282 g/mol. The summed E-state index contributed by atoms with van der Waals surface area (Å²) in [5.74, 6) is 0.305. The van der Waals surface area contributed by atoms with Crippen LogP contribution in [0, 0.1) is 0 Å². The highest BCUT2D eigenvalue weighted by atomic mass is 32.2. The molecule has 0 aromatic rings. The van der Waals surface area contributed by atoms with Gasteiger partial charge in [-0.2, -0.15) is 0 Å². The van der Waals surface area contributed by atoms with E-state index in [1.807, 2.05) is 4.90 Å². The van der Waals surface area contributed by atoms with Gasteiger partial charge in [0.1, 0.15) is 0 Å². The molecule has 1 amide bonds. The highest BCUT2D eigenvalue weighted by molar-refractivity contribution is 8.04. The highest BCUT2D eigenvalue weighted by Gasteiger charge is 2.40. The number of hydrogen-bond donors (Lipinski definition) is 1. The van der Waals surface area contributed by atoms with Crippen molar-refractivity contribution < 1.29 is 9.53 Å². The summed E-state index contributed by atoms with van der Waals surface area (Å²) in [4.78, 5) is 15.9. The van der Waals surface area contributed by atoms with E-state index in [4.69, 9.17) is 4.74 Å². The fraction of sp³-hybridized carbons (Fsp3) is 0.786. The van der Waals surface area contributed by atoms with Crippen LogP contribution in [-0.4, -0.2) is 54.4 Å². The molecule has 0 saturated carbocycles. The fourth-order valence-electron chi connectivity index (χ4n) is 3.17. The standard InChI is InChI=1S/C14H22N2O2S/c1-11-2-3-12(19-11)13(17)16-8-9-18-14(10-16)4-6-15-7-5-14/h2,12,15H,3-10H2,1H3. The molecule has 1 N–H and O–H groups in total. The minimum Gasteiger partial charge on any atom is -0.371 e. The zero-order valence-electron chi connectivity index (χ0n) is 11.5. The molecule has 0 bridgehead atoms. The number of hydrogen-bond acceptors (Lipinski definition) is 4. The first-order valence-corrected chi connectivity index (χ1v) is 8.03. The number of piperidine rings is 1. The van der Waals surface area contributed by atoms with Crippen LogP contribution in [-0.2, 0) is 9.53 Å². The number of nitrogens with zero attached hydrogens (tertiary/aromatic N) is 1. The summed E-state index contributed by atoms with van der Waals surface area (Å²) in [7, 11) is 0. The lowest BCUT2D eigenvalue weighted by Crippen LogP contribution is -2.58. The summed E-state index contributed by atoms with van der Waals surface area (Å²) in [6, 6.07) is 0. The average molecular weight is 282 g/mol. The van der Waals surface area contributed by atoms with Crippen LogP contribution < -0.4 is 5.32 Å². The summed E-state index contributed by atoms with van der Waals surface area (Å²) < 4.78 is 6.02. The first-order valence-electron chi connectivity index (χ1n) is 7.15. The summed E-state index contributed by atoms with van der Waals surface area (Å²) in [6.45, 7) is 6.32. The molecule has 0 radical (unpaired) electrons. The van der Waals surface area contributed by atoms with E-state index in [0.29, 0.717) is 12.5 Å². The first-order chi connectivity index (χ1) is 9.19. The molecular formula is C14H22N2O2S. The molecule has 19 heavy (non-hydrogen) atoms. The van der Waals surface area contributed by atoms with Crippen molar-refractivity contribution in [2.75, 3.05) is 32.8 Å². The number of thioether (sulfide) groups is 1. The molecule has 3 aliphatic rings. The van der Waals surface area contributed by atoms with Gasteiger partial charge in [0.2, 0.25) is 5.91 Å². The number of carbonyl (C=O) groups is 1. The number of ether oxygens (including phenoxy) is 1. The van der Waals surface area contributed by atoms with Gasteiger partial charge in [-0.05, 0) is 44.2 Å². The van der Waals surface area contributed by atoms with Crippen molar-refractivity contribution in [3.63, 3.8) is 0 Å². The number of amides is 1. The molecule has 0 aromatic carbocycles. The predicted octanol–water partition coefficient (Wildman–Crippen LogP) is 1.38. The molecular weight excluding hydrogens is 260 g/mol. The van der Waals surface area contributed by atoms with Gasteiger partial charge in [-0.25, -0.2) is 0 Å². The van der Waals surface area contributed by atoms with Gasteiger partial charge in [0.15, 0.2) is 0 Å². The van der Waals surface area contributed by atoms with E-state index in [0.717, 1.165) is 45.4 Å². The summed E-state index contributed by atoms with van der Waals surface area (Å²) in [5.41, 5.74) is -0.0785. The van der Waals surface area contributed by atoms with Gasteiger partial charge in [0.05, 0.1) is 17.5 Å². The van der Waals surface area contributed by atoms with Crippen molar-refractivity contribution in [1.82, 2.24) is 10.2 Å². The Hall–Kier alpha value is -0.520. The lowest BCUT2D eigenvalue weighted by atomic mass is 9.90. The van der Waals surface area contributed by atoms with Crippen molar-refractivity contribution in [3.05, 3.63) is 11.0 Å². The Kier molecular flexibility index (Phi) is 3.87. The third-order valence-electron chi connectivity index (χ3n) is 4.30.